The van der Waals surface area contributed by atoms with E-state index < -0.39 is 0 Å². The maximum absolute atomic E-state index is 10.8. The SMILES string of the molecule is [2H]c1ccc(-c2ccc(OC(C)=O)cc2)cc1. The number of rotatable bonds is 2. The van der Waals surface area contributed by atoms with Crippen LogP contribution in [0.25, 0.3) is 11.1 Å². The van der Waals surface area contributed by atoms with Crippen LogP contribution in [-0.4, -0.2) is 5.97 Å². The molecule has 0 atom stereocenters. The van der Waals surface area contributed by atoms with Crippen LogP contribution in [0, 0.1) is 0 Å². The third-order valence-electron chi connectivity index (χ3n) is 2.17. The van der Waals surface area contributed by atoms with Gasteiger partial charge in [-0.15, -0.1) is 0 Å². The molecule has 0 radical (unpaired) electrons. The van der Waals surface area contributed by atoms with Gasteiger partial charge in [-0.05, 0) is 23.3 Å². The molecule has 0 aliphatic carbocycles. The molecule has 0 aromatic heterocycles. The van der Waals surface area contributed by atoms with Crippen molar-refractivity contribution in [2.45, 2.75) is 6.92 Å². The van der Waals surface area contributed by atoms with Crippen LogP contribution in [-0.2, 0) is 4.79 Å². The number of carbonyl (C=O) groups is 1. The highest BCUT2D eigenvalue weighted by atomic mass is 16.5. The van der Waals surface area contributed by atoms with Gasteiger partial charge in [0.2, 0.25) is 0 Å². The Morgan fingerprint density at radius 2 is 1.62 bits per heavy atom. The van der Waals surface area contributed by atoms with E-state index in [4.69, 9.17) is 6.11 Å². The van der Waals surface area contributed by atoms with E-state index >= 15 is 0 Å². The van der Waals surface area contributed by atoms with Gasteiger partial charge < -0.3 is 4.74 Å². The van der Waals surface area contributed by atoms with Gasteiger partial charge in [0.15, 0.2) is 0 Å². The number of hydrogen-bond donors (Lipinski definition) is 0. The molecule has 16 heavy (non-hydrogen) atoms. The summed E-state index contributed by atoms with van der Waals surface area (Å²) in [5.41, 5.74) is 2.07. The summed E-state index contributed by atoms with van der Waals surface area (Å²) in [4.78, 5) is 10.8. The number of carbonyl (C=O) groups excluding carboxylic acids is 1. The summed E-state index contributed by atoms with van der Waals surface area (Å²) in [6, 6.07) is 15.0. The zero-order valence-corrected chi connectivity index (χ0v) is 8.94. The van der Waals surface area contributed by atoms with Crippen LogP contribution >= 0.6 is 0 Å². The molecule has 0 saturated heterocycles. The number of esters is 1. The Labute approximate surface area is 95.9 Å². The molecule has 0 saturated carbocycles. The summed E-state index contributed by atoms with van der Waals surface area (Å²) in [6.45, 7) is 1.38. The minimum Gasteiger partial charge on any atom is -0.427 e. The van der Waals surface area contributed by atoms with Gasteiger partial charge in [-0.1, -0.05) is 42.4 Å². The first-order valence-corrected chi connectivity index (χ1v) is 5.01. The average Bonchev–Trinajstić information content (AvgIpc) is 2.30. The van der Waals surface area contributed by atoms with Crippen molar-refractivity contribution in [2.24, 2.45) is 0 Å². The van der Waals surface area contributed by atoms with Gasteiger partial charge in [0.1, 0.15) is 5.75 Å². The normalized spacial score (nSPS) is 10.7. The number of hydrogen-bond acceptors (Lipinski definition) is 2. The highest BCUT2D eigenvalue weighted by molar-refractivity contribution is 5.70. The lowest BCUT2D eigenvalue weighted by atomic mass is 10.1. The fourth-order valence-electron chi connectivity index (χ4n) is 1.46. The number of ether oxygens (including phenoxy) is 1. The van der Waals surface area contributed by atoms with Crippen molar-refractivity contribution in [3.63, 3.8) is 0 Å². The Bertz CT molecular complexity index is 515. The van der Waals surface area contributed by atoms with Crippen LogP contribution in [0.5, 0.6) is 5.75 Å². The Morgan fingerprint density at radius 1 is 1.06 bits per heavy atom. The lowest BCUT2D eigenvalue weighted by molar-refractivity contribution is -0.131. The molecule has 2 aromatic carbocycles. The Hall–Kier alpha value is -2.09. The molecular formula is C14H12O2. The third-order valence-corrected chi connectivity index (χ3v) is 2.17. The van der Waals surface area contributed by atoms with Crippen LogP contribution in [0.15, 0.2) is 54.6 Å². The van der Waals surface area contributed by atoms with Crippen LogP contribution in [0.2, 0.25) is 0 Å². The van der Waals surface area contributed by atoms with Gasteiger partial charge in [-0.3, -0.25) is 4.79 Å². The lowest BCUT2D eigenvalue weighted by Crippen LogP contribution is -2.00. The Morgan fingerprint density at radius 3 is 2.19 bits per heavy atom. The van der Waals surface area contributed by atoms with Gasteiger partial charge >= 0.3 is 5.97 Å². The average molecular weight is 213 g/mol. The molecule has 2 nitrogen and oxygen atoms in total. The zero-order valence-electron chi connectivity index (χ0n) is 9.94. The predicted octanol–water partition coefficient (Wildman–Crippen LogP) is 3.28. The van der Waals surface area contributed by atoms with E-state index in [9.17, 15) is 4.79 Å². The van der Waals surface area contributed by atoms with Crippen molar-refractivity contribution in [3.05, 3.63) is 54.6 Å². The van der Waals surface area contributed by atoms with E-state index in [2.05, 4.69) is 0 Å². The smallest absolute Gasteiger partial charge is 0.308 e. The van der Waals surface area contributed by atoms with Crippen molar-refractivity contribution in [2.75, 3.05) is 0 Å². The van der Waals surface area contributed by atoms with Gasteiger partial charge in [-0.25, -0.2) is 0 Å². The zero-order chi connectivity index (χ0) is 12.3. The minimum absolute atomic E-state index is 0.323. The summed E-state index contributed by atoms with van der Waals surface area (Å²) >= 11 is 0. The third kappa shape index (κ3) is 2.48. The molecule has 0 bridgehead atoms. The molecule has 0 aliphatic heterocycles. The summed E-state index contributed by atoms with van der Waals surface area (Å²) in [7, 11) is 0. The monoisotopic (exact) mass is 213 g/mol. The van der Waals surface area contributed by atoms with Crippen LogP contribution < -0.4 is 4.74 Å². The Kier molecular flexibility index (Phi) is 2.64. The summed E-state index contributed by atoms with van der Waals surface area (Å²) in [5, 5.41) is 0. The molecule has 0 amide bonds. The van der Waals surface area contributed by atoms with E-state index in [1.165, 1.54) is 6.92 Å². The van der Waals surface area contributed by atoms with Crippen LogP contribution in [0.1, 0.15) is 8.29 Å². The first-order valence-electron chi connectivity index (χ1n) is 5.51. The molecule has 0 N–H and O–H groups in total. The van der Waals surface area contributed by atoms with E-state index in [1.807, 2.05) is 24.3 Å². The van der Waals surface area contributed by atoms with Gasteiger partial charge in [0, 0.05) is 6.92 Å². The van der Waals surface area contributed by atoms with E-state index in [0.29, 0.717) is 11.8 Å². The molecule has 2 aromatic rings. The molecule has 2 heteroatoms. The summed E-state index contributed by atoms with van der Waals surface area (Å²) in [6.07, 6.45) is 0. The van der Waals surface area contributed by atoms with Crippen LogP contribution in [0.3, 0.4) is 0 Å². The first kappa shape index (κ1) is 9.16. The lowest BCUT2D eigenvalue weighted by Gasteiger charge is -2.03. The molecule has 0 fully saturated rings. The van der Waals surface area contributed by atoms with Crippen molar-refractivity contribution in [1.29, 1.82) is 0 Å². The van der Waals surface area contributed by atoms with Crippen molar-refractivity contribution >= 4 is 5.97 Å². The van der Waals surface area contributed by atoms with Gasteiger partial charge in [0.05, 0.1) is 1.37 Å². The second kappa shape index (κ2) is 4.62. The molecule has 0 unspecified atom stereocenters. The molecule has 0 aliphatic rings. The van der Waals surface area contributed by atoms with E-state index in [-0.39, 0.29) is 5.97 Å². The standard InChI is InChI=1S/C14H12O2/c1-11(15)16-14-9-7-13(8-10-14)12-5-3-2-4-6-12/h2-10H,1H3/i2D. The minimum atomic E-state index is -0.323. The van der Waals surface area contributed by atoms with Crippen molar-refractivity contribution in [3.8, 4) is 16.9 Å². The topological polar surface area (TPSA) is 26.3 Å². The van der Waals surface area contributed by atoms with E-state index in [0.717, 1.165) is 11.1 Å². The fraction of sp³-hybridized carbons (Fsp3) is 0.0714. The quantitative estimate of drug-likeness (QED) is 0.565. The maximum atomic E-state index is 10.8. The van der Waals surface area contributed by atoms with Gasteiger partial charge in [0.25, 0.3) is 0 Å². The molecule has 0 spiro atoms. The second-order valence-corrected chi connectivity index (χ2v) is 3.41. The van der Waals surface area contributed by atoms with Crippen molar-refractivity contribution < 1.29 is 10.9 Å². The molecular weight excluding hydrogens is 200 g/mol. The first-order chi connectivity index (χ1) is 8.15. The van der Waals surface area contributed by atoms with Gasteiger partial charge in [-0.2, -0.15) is 0 Å². The number of benzene rings is 2. The summed E-state index contributed by atoms with van der Waals surface area (Å²) in [5.74, 6) is 0.217. The fourth-order valence-corrected chi connectivity index (χ4v) is 1.46. The molecule has 0 heterocycles. The highest BCUT2D eigenvalue weighted by Gasteiger charge is 1.99. The van der Waals surface area contributed by atoms with Crippen molar-refractivity contribution in [1.82, 2.24) is 0 Å². The maximum Gasteiger partial charge on any atom is 0.308 e. The van der Waals surface area contributed by atoms with E-state index in [1.54, 1.807) is 24.3 Å². The summed E-state index contributed by atoms with van der Waals surface area (Å²) < 4.78 is 12.4. The Balaban J connectivity index is 2.23. The predicted molar refractivity (Wildman–Crippen MR) is 63.2 cm³/mol. The van der Waals surface area contributed by atoms with Crippen LogP contribution in [0.4, 0.5) is 0 Å². The molecule has 2 rings (SSSR count). The second-order valence-electron chi connectivity index (χ2n) is 3.41. The largest absolute Gasteiger partial charge is 0.427 e. The highest BCUT2D eigenvalue weighted by Crippen LogP contribution is 2.21. The molecule has 80 valence electrons.